The van der Waals surface area contributed by atoms with Gasteiger partial charge in [0.15, 0.2) is 0 Å². The average molecular weight is 441 g/mol. The molecule has 6 heteroatoms. The van der Waals surface area contributed by atoms with Crippen molar-refractivity contribution in [1.82, 2.24) is 10.2 Å². The van der Waals surface area contributed by atoms with E-state index in [1.54, 1.807) is 4.90 Å². The number of hydrogen-bond donors (Lipinski definition) is 1. The van der Waals surface area contributed by atoms with Crippen LogP contribution in [0.4, 0.5) is 9.59 Å². The summed E-state index contributed by atoms with van der Waals surface area (Å²) in [6.45, 7) is 8.52. The minimum Gasteiger partial charge on any atom is -0.445 e. The summed E-state index contributed by atoms with van der Waals surface area (Å²) in [5, 5.41) is 2.94. The van der Waals surface area contributed by atoms with E-state index >= 15 is 0 Å². The molecule has 0 heterocycles. The molecule has 2 aromatic rings. The maximum Gasteiger partial charge on any atom is 0.410 e. The summed E-state index contributed by atoms with van der Waals surface area (Å²) >= 11 is 0. The second-order valence-electron chi connectivity index (χ2n) is 8.89. The SMILES string of the molecule is CCCC[C@@H](CN(Cc1ccccc1)C(=O)OCc1ccccc1)NC(=O)OC(C)(C)C. The zero-order valence-electron chi connectivity index (χ0n) is 19.7. The molecule has 2 amide bonds. The molecule has 1 N–H and O–H groups in total. The van der Waals surface area contributed by atoms with Crippen molar-refractivity contribution in [3.8, 4) is 0 Å². The first-order valence-electron chi connectivity index (χ1n) is 11.3. The van der Waals surface area contributed by atoms with Crippen molar-refractivity contribution in [2.45, 2.75) is 71.8 Å². The fourth-order valence-corrected chi connectivity index (χ4v) is 3.22. The van der Waals surface area contributed by atoms with Gasteiger partial charge >= 0.3 is 12.2 Å². The number of carbonyl (C=O) groups excluding carboxylic acids is 2. The Balaban J connectivity index is 2.11. The van der Waals surface area contributed by atoms with Gasteiger partial charge in [0.25, 0.3) is 0 Å². The van der Waals surface area contributed by atoms with Gasteiger partial charge in [0.1, 0.15) is 12.2 Å². The van der Waals surface area contributed by atoms with E-state index in [1.165, 1.54) is 0 Å². The van der Waals surface area contributed by atoms with Crippen LogP contribution >= 0.6 is 0 Å². The van der Waals surface area contributed by atoms with Crippen molar-refractivity contribution in [2.75, 3.05) is 6.54 Å². The summed E-state index contributed by atoms with van der Waals surface area (Å²) in [6, 6.07) is 19.1. The predicted octanol–water partition coefficient (Wildman–Crippen LogP) is 5.91. The molecule has 0 saturated heterocycles. The summed E-state index contributed by atoms with van der Waals surface area (Å²) in [6.07, 6.45) is 1.77. The van der Waals surface area contributed by atoms with Crippen LogP contribution in [0.3, 0.4) is 0 Å². The highest BCUT2D eigenvalue weighted by Gasteiger charge is 2.24. The number of amides is 2. The highest BCUT2D eigenvalue weighted by atomic mass is 16.6. The van der Waals surface area contributed by atoms with Crippen molar-refractivity contribution >= 4 is 12.2 Å². The third-order valence-electron chi connectivity index (χ3n) is 4.75. The maximum absolute atomic E-state index is 13.0. The first-order chi connectivity index (χ1) is 15.3. The molecule has 174 valence electrons. The molecule has 0 bridgehead atoms. The van der Waals surface area contributed by atoms with Crippen molar-refractivity contribution in [3.05, 3.63) is 71.8 Å². The summed E-state index contributed by atoms with van der Waals surface area (Å²) in [7, 11) is 0. The molecule has 2 rings (SSSR count). The summed E-state index contributed by atoms with van der Waals surface area (Å²) < 4.78 is 11.0. The van der Waals surface area contributed by atoms with E-state index in [0.29, 0.717) is 13.1 Å². The minimum atomic E-state index is -0.586. The zero-order valence-corrected chi connectivity index (χ0v) is 19.7. The highest BCUT2D eigenvalue weighted by Crippen LogP contribution is 2.13. The monoisotopic (exact) mass is 440 g/mol. The van der Waals surface area contributed by atoms with Gasteiger partial charge < -0.3 is 19.7 Å². The standard InChI is InChI=1S/C26H36N2O4/c1-5-6-17-23(27-24(29)32-26(2,3)4)19-28(18-21-13-9-7-10-14-21)25(30)31-20-22-15-11-8-12-16-22/h7-16,23H,5-6,17-20H2,1-4H3,(H,27,29)/t23-/m0/s1. The third kappa shape index (κ3) is 9.86. The van der Waals surface area contributed by atoms with E-state index in [1.807, 2.05) is 81.4 Å². The van der Waals surface area contributed by atoms with Crippen LogP contribution in [0.1, 0.15) is 58.1 Å². The second-order valence-corrected chi connectivity index (χ2v) is 8.89. The smallest absolute Gasteiger partial charge is 0.410 e. The van der Waals surface area contributed by atoms with Gasteiger partial charge in [-0.25, -0.2) is 9.59 Å². The van der Waals surface area contributed by atoms with Gasteiger partial charge in [0, 0.05) is 19.1 Å². The number of nitrogens with one attached hydrogen (secondary N) is 1. The zero-order chi connectivity index (χ0) is 23.4. The summed E-state index contributed by atoms with van der Waals surface area (Å²) in [5.74, 6) is 0. The van der Waals surface area contributed by atoms with Gasteiger partial charge in [-0.2, -0.15) is 0 Å². The molecule has 0 spiro atoms. The molecule has 6 nitrogen and oxygen atoms in total. The lowest BCUT2D eigenvalue weighted by atomic mass is 10.1. The van der Waals surface area contributed by atoms with Gasteiger partial charge in [0.2, 0.25) is 0 Å². The summed E-state index contributed by atoms with van der Waals surface area (Å²) in [4.78, 5) is 27.0. The Hall–Kier alpha value is -3.02. The van der Waals surface area contributed by atoms with Gasteiger partial charge in [-0.3, -0.25) is 0 Å². The predicted molar refractivity (Wildman–Crippen MR) is 126 cm³/mol. The maximum atomic E-state index is 13.0. The molecule has 0 radical (unpaired) electrons. The van der Waals surface area contributed by atoms with Crippen LogP contribution in [0.25, 0.3) is 0 Å². The van der Waals surface area contributed by atoms with Crippen LogP contribution in [-0.4, -0.2) is 35.3 Å². The lowest BCUT2D eigenvalue weighted by Crippen LogP contribution is -2.47. The largest absolute Gasteiger partial charge is 0.445 e. The molecular formula is C26H36N2O4. The second kappa shape index (κ2) is 12.7. The Labute approximate surface area is 191 Å². The first kappa shape index (κ1) is 25.2. The normalized spacial score (nSPS) is 12.0. The molecule has 32 heavy (non-hydrogen) atoms. The fraction of sp³-hybridized carbons (Fsp3) is 0.462. The number of hydrogen-bond acceptors (Lipinski definition) is 4. The molecular weight excluding hydrogens is 404 g/mol. The molecule has 2 aromatic carbocycles. The molecule has 0 aromatic heterocycles. The van der Waals surface area contributed by atoms with Crippen LogP contribution in [0.2, 0.25) is 0 Å². The number of nitrogens with zero attached hydrogens (tertiary/aromatic N) is 1. The molecule has 0 unspecified atom stereocenters. The lowest BCUT2D eigenvalue weighted by Gasteiger charge is -2.29. The van der Waals surface area contributed by atoms with Crippen LogP contribution in [0.5, 0.6) is 0 Å². The van der Waals surface area contributed by atoms with Gasteiger partial charge in [-0.1, -0.05) is 80.4 Å². The number of ether oxygens (including phenoxy) is 2. The third-order valence-corrected chi connectivity index (χ3v) is 4.75. The Morgan fingerprint density at radius 2 is 1.56 bits per heavy atom. The first-order valence-corrected chi connectivity index (χ1v) is 11.3. The van der Waals surface area contributed by atoms with Crippen LogP contribution in [-0.2, 0) is 22.6 Å². The van der Waals surface area contributed by atoms with Crippen molar-refractivity contribution in [2.24, 2.45) is 0 Å². The summed E-state index contributed by atoms with van der Waals surface area (Å²) in [5.41, 5.74) is 1.34. The lowest BCUT2D eigenvalue weighted by molar-refractivity contribution is 0.0472. The molecule has 0 aliphatic heterocycles. The minimum absolute atomic E-state index is 0.198. The number of benzene rings is 2. The van der Waals surface area contributed by atoms with E-state index in [4.69, 9.17) is 9.47 Å². The number of carbonyl (C=O) groups is 2. The van der Waals surface area contributed by atoms with E-state index in [-0.39, 0.29) is 12.6 Å². The molecule has 1 atom stereocenters. The molecule has 0 aliphatic rings. The van der Waals surface area contributed by atoms with Crippen LogP contribution in [0, 0.1) is 0 Å². The quantitative estimate of drug-likeness (QED) is 0.499. The van der Waals surface area contributed by atoms with Crippen LogP contribution < -0.4 is 5.32 Å². The van der Waals surface area contributed by atoms with E-state index in [0.717, 1.165) is 30.4 Å². The van der Waals surface area contributed by atoms with Gasteiger partial charge in [-0.05, 0) is 38.3 Å². The van der Waals surface area contributed by atoms with Crippen molar-refractivity contribution in [3.63, 3.8) is 0 Å². The molecule has 0 aliphatic carbocycles. The van der Waals surface area contributed by atoms with Crippen molar-refractivity contribution in [1.29, 1.82) is 0 Å². The van der Waals surface area contributed by atoms with Crippen LogP contribution in [0.15, 0.2) is 60.7 Å². The Morgan fingerprint density at radius 1 is 0.969 bits per heavy atom. The van der Waals surface area contributed by atoms with Gasteiger partial charge in [-0.15, -0.1) is 0 Å². The Morgan fingerprint density at radius 3 is 2.12 bits per heavy atom. The average Bonchev–Trinajstić information content (AvgIpc) is 2.75. The number of unbranched alkanes of at least 4 members (excludes halogenated alkanes) is 1. The van der Waals surface area contributed by atoms with E-state index < -0.39 is 17.8 Å². The Bertz CT molecular complexity index is 819. The Kier molecular flexibility index (Phi) is 10.1. The van der Waals surface area contributed by atoms with Gasteiger partial charge in [0.05, 0.1) is 0 Å². The highest BCUT2D eigenvalue weighted by molar-refractivity contribution is 5.69. The topological polar surface area (TPSA) is 67.9 Å². The van der Waals surface area contributed by atoms with E-state index in [2.05, 4.69) is 12.2 Å². The number of alkyl carbamates (subject to hydrolysis) is 1. The van der Waals surface area contributed by atoms with Crippen molar-refractivity contribution < 1.29 is 19.1 Å². The molecule has 0 fully saturated rings. The molecule has 0 saturated carbocycles. The fourth-order valence-electron chi connectivity index (χ4n) is 3.22. The number of rotatable bonds is 10. The van der Waals surface area contributed by atoms with E-state index in [9.17, 15) is 9.59 Å².